The zero-order valence-electron chi connectivity index (χ0n) is 7.79. The summed E-state index contributed by atoms with van der Waals surface area (Å²) in [5, 5.41) is 9.16. The van der Waals surface area contributed by atoms with Crippen LogP contribution in [-0.4, -0.2) is 23.3 Å². The number of aliphatic hydroxyl groups is 1. The molecule has 0 heterocycles. The molecule has 0 bridgehead atoms. The Hall–Kier alpha value is -0.870. The average Bonchev–Trinajstić information content (AvgIpc) is 2.27. The molecule has 0 fully saturated rings. The van der Waals surface area contributed by atoms with Gasteiger partial charge in [0.1, 0.15) is 5.75 Å². The molecular formula is C10H11BrO3. The fourth-order valence-electron chi connectivity index (χ4n) is 1.14. The van der Waals surface area contributed by atoms with E-state index in [4.69, 9.17) is 9.84 Å². The maximum absolute atomic E-state index is 11.5. The molecule has 4 heteroatoms. The van der Waals surface area contributed by atoms with Gasteiger partial charge in [-0.05, 0) is 17.7 Å². The minimum atomic E-state index is -0.0768. The van der Waals surface area contributed by atoms with Gasteiger partial charge in [-0.15, -0.1) is 0 Å². The average molecular weight is 259 g/mol. The van der Waals surface area contributed by atoms with Gasteiger partial charge in [0.15, 0.2) is 5.78 Å². The zero-order chi connectivity index (χ0) is 10.6. The standard InChI is InChI=1S/C10H11BrO3/c1-14-10-3-2-7(6-12)4-8(10)9(13)5-11/h2-4,12H,5-6H2,1H3. The maximum atomic E-state index is 11.5. The fourth-order valence-corrected chi connectivity index (χ4v) is 1.45. The number of halogens is 1. The van der Waals surface area contributed by atoms with Gasteiger partial charge in [-0.2, -0.15) is 0 Å². The van der Waals surface area contributed by atoms with Gasteiger partial charge in [-0.3, -0.25) is 4.79 Å². The third-order valence-electron chi connectivity index (χ3n) is 1.87. The summed E-state index contributed by atoms with van der Waals surface area (Å²) in [4.78, 5) is 11.5. The van der Waals surface area contributed by atoms with Crippen LogP contribution in [0.3, 0.4) is 0 Å². The van der Waals surface area contributed by atoms with Gasteiger partial charge in [0, 0.05) is 0 Å². The van der Waals surface area contributed by atoms with Gasteiger partial charge in [-0.25, -0.2) is 0 Å². The van der Waals surface area contributed by atoms with E-state index in [1.54, 1.807) is 18.2 Å². The fraction of sp³-hybridized carbons (Fsp3) is 0.300. The monoisotopic (exact) mass is 258 g/mol. The van der Waals surface area contributed by atoms with Gasteiger partial charge < -0.3 is 9.84 Å². The minimum absolute atomic E-state index is 0.0582. The second-order valence-electron chi connectivity index (χ2n) is 2.75. The summed E-state index contributed by atoms with van der Waals surface area (Å²) < 4.78 is 5.04. The molecule has 76 valence electrons. The van der Waals surface area contributed by atoms with Crippen molar-refractivity contribution in [2.24, 2.45) is 0 Å². The van der Waals surface area contributed by atoms with Crippen molar-refractivity contribution in [3.63, 3.8) is 0 Å². The lowest BCUT2D eigenvalue weighted by Crippen LogP contribution is -2.04. The van der Waals surface area contributed by atoms with Crippen molar-refractivity contribution in [2.75, 3.05) is 12.4 Å². The van der Waals surface area contributed by atoms with Crippen LogP contribution in [0.15, 0.2) is 18.2 Å². The number of ether oxygens (including phenoxy) is 1. The molecule has 0 aliphatic rings. The Morgan fingerprint density at radius 1 is 1.57 bits per heavy atom. The lowest BCUT2D eigenvalue weighted by molar-refractivity contribution is 0.102. The van der Waals surface area contributed by atoms with Crippen molar-refractivity contribution in [1.29, 1.82) is 0 Å². The summed E-state index contributed by atoms with van der Waals surface area (Å²) in [5.74, 6) is 0.476. The first-order valence-electron chi connectivity index (χ1n) is 4.10. The molecule has 0 spiro atoms. The second-order valence-corrected chi connectivity index (χ2v) is 3.31. The number of methoxy groups -OCH3 is 1. The van der Waals surface area contributed by atoms with E-state index in [-0.39, 0.29) is 17.7 Å². The Morgan fingerprint density at radius 2 is 2.29 bits per heavy atom. The smallest absolute Gasteiger partial charge is 0.177 e. The molecule has 0 aliphatic heterocycles. The number of carbonyl (C=O) groups is 1. The highest BCUT2D eigenvalue weighted by Crippen LogP contribution is 2.21. The molecule has 0 unspecified atom stereocenters. The molecule has 0 aromatic heterocycles. The van der Waals surface area contributed by atoms with Crippen LogP contribution >= 0.6 is 15.9 Å². The highest BCUT2D eigenvalue weighted by atomic mass is 79.9. The van der Waals surface area contributed by atoms with Crippen molar-refractivity contribution in [2.45, 2.75) is 6.61 Å². The van der Waals surface area contributed by atoms with Crippen LogP contribution in [0.2, 0.25) is 0 Å². The number of hydrogen-bond donors (Lipinski definition) is 1. The molecule has 0 amide bonds. The van der Waals surface area contributed by atoms with Crippen LogP contribution in [-0.2, 0) is 6.61 Å². The summed E-state index contributed by atoms with van der Waals surface area (Å²) in [6.45, 7) is -0.0768. The SMILES string of the molecule is COc1ccc(CO)cc1C(=O)CBr. The molecule has 14 heavy (non-hydrogen) atoms. The molecule has 0 aliphatic carbocycles. The molecule has 1 aromatic carbocycles. The first kappa shape index (κ1) is 11.2. The Bertz CT molecular complexity index is 336. The van der Waals surface area contributed by atoms with E-state index in [0.717, 1.165) is 0 Å². The molecule has 1 N–H and O–H groups in total. The van der Waals surface area contributed by atoms with Gasteiger partial charge in [0.25, 0.3) is 0 Å². The van der Waals surface area contributed by atoms with Crippen LogP contribution in [0.1, 0.15) is 15.9 Å². The number of alkyl halides is 1. The molecule has 0 atom stereocenters. The second kappa shape index (κ2) is 5.12. The zero-order valence-corrected chi connectivity index (χ0v) is 9.37. The van der Waals surface area contributed by atoms with Crippen molar-refractivity contribution < 1.29 is 14.6 Å². The molecule has 1 aromatic rings. The summed E-state index contributed by atoms with van der Waals surface area (Å²) in [6.07, 6.45) is 0. The van der Waals surface area contributed by atoms with Crippen molar-refractivity contribution in [1.82, 2.24) is 0 Å². The predicted octanol–water partition coefficient (Wildman–Crippen LogP) is 1.77. The van der Waals surface area contributed by atoms with E-state index < -0.39 is 0 Å². The van der Waals surface area contributed by atoms with Crippen LogP contribution in [0.25, 0.3) is 0 Å². The number of Topliss-reactive ketones (excluding diaryl/α,β-unsaturated/α-hetero) is 1. The van der Waals surface area contributed by atoms with E-state index >= 15 is 0 Å². The van der Waals surface area contributed by atoms with Crippen LogP contribution < -0.4 is 4.74 Å². The van der Waals surface area contributed by atoms with E-state index in [0.29, 0.717) is 16.9 Å². The summed E-state index contributed by atoms with van der Waals surface area (Å²) in [7, 11) is 1.51. The molecule has 0 saturated heterocycles. The van der Waals surface area contributed by atoms with Crippen molar-refractivity contribution in [3.8, 4) is 5.75 Å². The Balaban J connectivity index is 3.14. The van der Waals surface area contributed by atoms with E-state index in [1.165, 1.54) is 7.11 Å². The normalized spacial score (nSPS) is 9.93. The van der Waals surface area contributed by atoms with E-state index in [2.05, 4.69) is 15.9 Å². The molecule has 3 nitrogen and oxygen atoms in total. The van der Waals surface area contributed by atoms with Crippen LogP contribution in [0, 0.1) is 0 Å². The van der Waals surface area contributed by atoms with Crippen molar-refractivity contribution in [3.05, 3.63) is 29.3 Å². The summed E-state index contributed by atoms with van der Waals surface area (Å²) >= 11 is 3.09. The Labute approximate surface area is 90.8 Å². The first-order valence-corrected chi connectivity index (χ1v) is 5.22. The van der Waals surface area contributed by atoms with Crippen molar-refractivity contribution >= 4 is 21.7 Å². The number of rotatable bonds is 4. The third kappa shape index (κ3) is 2.33. The molecule has 0 saturated carbocycles. The van der Waals surface area contributed by atoms with Gasteiger partial charge in [-0.1, -0.05) is 22.0 Å². The van der Waals surface area contributed by atoms with Crippen LogP contribution in [0.5, 0.6) is 5.75 Å². The molecule has 0 radical (unpaired) electrons. The maximum Gasteiger partial charge on any atom is 0.177 e. The summed E-state index contributed by atoms with van der Waals surface area (Å²) in [6, 6.07) is 5.05. The first-order chi connectivity index (χ1) is 6.72. The largest absolute Gasteiger partial charge is 0.496 e. The number of hydrogen-bond acceptors (Lipinski definition) is 3. The third-order valence-corrected chi connectivity index (χ3v) is 2.38. The molecular weight excluding hydrogens is 248 g/mol. The lowest BCUT2D eigenvalue weighted by atomic mass is 10.1. The van der Waals surface area contributed by atoms with Gasteiger partial charge in [0.05, 0.1) is 24.6 Å². The van der Waals surface area contributed by atoms with Gasteiger partial charge in [0.2, 0.25) is 0 Å². The Morgan fingerprint density at radius 3 is 2.79 bits per heavy atom. The van der Waals surface area contributed by atoms with E-state index in [9.17, 15) is 4.79 Å². The topological polar surface area (TPSA) is 46.5 Å². The Kier molecular flexibility index (Phi) is 4.10. The number of aliphatic hydroxyl groups excluding tert-OH is 1. The number of benzene rings is 1. The predicted molar refractivity (Wildman–Crippen MR) is 57.0 cm³/mol. The van der Waals surface area contributed by atoms with Crippen LogP contribution in [0.4, 0.5) is 0 Å². The highest BCUT2D eigenvalue weighted by Gasteiger charge is 2.11. The van der Waals surface area contributed by atoms with Gasteiger partial charge >= 0.3 is 0 Å². The summed E-state index contributed by atoms with van der Waals surface area (Å²) in [5.41, 5.74) is 1.20. The number of carbonyl (C=O) groups excluding carboxylic acids is 1. The number of ketones is 1. The quantitative estimate of drug-likeness (QED) is 0.662. The lowest BCUT2D eigenvalue weighted by Gasteiger charge is -2.07. The highest BCUT2D eigenvalue weighted by molar-refractivity contribution is 9.09. The van der Waals surface area contributed by atoms with E-state index in [1.807, 2.05) is 0 Å². The molecule has 1 rings (SSSR count). The minimum Gasteiger partial charge on any atom is -0.496 e.